The molecule has 0 atom stereocenters. The van der Waals surface area contributed by atoms with Gasteiger partial charge >= 0.3 is 5.97 Å². The lowest BCUT2D eigenvalue weighted by Crippen LogP contribution is -2.10. The highest BCUT2D eigenvalue weighted by atomic mass is 79.9. The largest absolute Gasteiger partial charge is 0.462 e. The fourth-order valence-corrected chi connectivity index (χ4v) is 1.86. The van der Waals surface area contributed by atoms with Crippen LogP contribution in [0.15, 0.2) is 29.0 Å². The zero-order valence-corrected chi connectivity index (χ0v) is 11.6. The Bertz CT molecular complexity index is 627. The molecule has 0 saturated heterocycles. The molecule has 0 saturated carbocycles. The summed E-state index contributed by atoms with van der Waals surface area (Å²) in [6, 6.07) is 2.40. The summed E-state index contributed by atoms with van der Waals surface area (Å²) in [6.07, 6.45) is 3.09. The molecular weight excluding hydrogens is 317 g/mol. The Kier molecular flexibility index (Phi) is 3.84. The number of hydrogen-bond acceptors (Lipinski definition) is 4. The van der Waals surface area contributed by atoms with Crippen molar-refractivity contribution in [3.63, 3.8) is 0 Å². The zero-order chi connectivity index (χ0) is 14.0. The van der Waals surface area contributed by atoms with Gasteiger partial charge in [0.05, 0.1) is 22.8 Å². The first kappa shape index (κ1) is 13.5. The maximum atomic E-state index is 13.9. The van der Waals surface area contributed by atoms with Gasteiger partial charge in [0.1, 0.15) is 5.69 Å². The summed E-state index contributed by atoms with van der Waals surface area (Å²) in [4.78, 5) is 11.7. The van der Waals surface area contributed by atoms with E-state index in [4.69, 9.17) is 10.5 Å². The molecule has 100 valence electrons. The number of nitrogen functional groups attached to an aromatic ring is 1. The molecule has 2 N–H and O–H groups in total. The standard InChI is InChI=1S/C12H11BrFN3O2/c1-2-19-12(18)8-3-11(9(14)4-10(8)15)17-6-7(13)5-16-17/h3-6H,2,15H2,1H3. The van der Waals surface area contributed by atoms with Crippen LogP contribution in [0.4, 0.5) is 10.1 Å². The third-order valence-corrected chi connectivity index (χ3v) is 2.82. The molecule has 1 heterocycles. The van der Waals surface area contributed by atoms with Crippen molar-refractivity contribution in [1.29, 1.82) is 0 Å². The summed E-state index contributed by atoms with van der Waals surface area (Å²) < 4.78 is 20.7. The van der Waals surface area contributed by atoms with Crippen molar-refractivity contribution in [1.82, 2.24) is 9.78 Å². The molecule has 2 rings (SSSR count). The second-order valence-electron chi connectivity index (χ2n) is 3.71. The Morgan fingerprint density at radius 1 is 1.58 bits per heavy atom. The fraction of sp³-hybridized carbons (Fsp3) is 0.167. The van der Waals surface area contributed by atoms with E-state index in [0.29, 0.717) is 4.47 Å². The van der Waals surface area contributed by atoms with Gasteiger partial charge in [0.2, 0.25) is 0 Å². The fourth-order valence-electron chi connectivity index (χ4n) is 1.57. The average molecular weight is 328 g/mol. The summed E-state index contributed by atoms with van der Waals surface area (Å²) in [7, 11) is 0. The first-order chi connectivity index (χ1) is 9.02. The summed E-state index contributed by atoms with van der Waals surface area (Å²) in [5.74, 6) is -1.16. The SMILES string of the molecule is CCOC(=O)c1cc(-n2cc(Br)cn2)c(F)cc1N. The number of rotatable bonds is 3. The number of aromatic nitrogens is 2. The van der Waals surface area contributed by atoms with E-state index in [0.717, 1.165) is 6.07 Å². The smallest absolute Gasteiger partial charge is 0.340 e. The number of anilines is 1. The topological polar surface area (TPSA) is 70.1 Å². The van der Waals surface area contributed by atoms with Gasteiger partial charge in [-0.1, -0.05) is 0 Å². The van der Waals surface area contributed by atoms with Crippen LogP contribution in [0, 0.1) is 5.82 Å². The molecule has 0 unspecified atom stereocenters. The van der Waals surface area contributed by atoms with Crippen LogP contribution < -0.4 is 5.73 Å². The molecule has 0 aliphatic carbocycles. The molecule has 0 radical (unpaired) electrons. The Morgan fingerprint density at radius 3 is 2.89 bits per heavy atom. The van der Waals surface area contributed by atoms with Gasteiger partial charge in [-0.2, -0.15) is 5.10 Å². The molecule has 0 amide bonds. The van der Waals surface area contributed by atoms with E-state index < -0.39 is 11.8 Å². The zero-order valence-electron chi connectivity index (χ0n) is 10.1. The molecule has 0 fully saturated rings. The number of nitrogens with two attached hydrogens (primary N) is 1. The molecule has 0 aliphatic heterocycles. The van der Waals surface area contributed by atoms with Crippen LogP contribution in [0.3, 0.4) is 0 Å². The summed E-state index contributed by atoms with van der Waals surface area (Å²) in [5.41, 5.74) is 5.90. The highest BCUT2D eigenvalue weighted by Crippen LogP contribution is 2.22. The number of hydrogen-bond donors (Lipinski definition) is 1. The van der Waals surface area contributed by atoms with Crippen molar-refractivity contribution in [3.05, 3.63) is 40.4 Å². The highest BCUT2D eigenvalue weighted by Gasteiger charge is 2.16. The predicted octanol–water partition coefficient (Wildman–Crippen LogP) is 2.53. The van der Waals surface area contributed by atoms with Gasteiger partial charge in [-0.25, -0.2) is 13.9 Å². The minimum atomic E-state index is -0.590. The van der Waals surface area contributed by atoms with Crippen molar-refractivity contribution < 1.29 is 13.9 Å². The first-order valence-electron chi connectivity index (χ1n) is 5.49. The Hall–Kier alpha value is -1.89. The molecule has 1 aromatic heterocycles. The van der Waals surface area contributed by atoms with E-state index in [1.165, 1.54) is 16.9 Å². The van der Waals surface area contributed by atoms with Crippen LogP contribution in [0.1, 0.15) is 17.3 Å². The maximum Gasteiger partial charge on any atom is 0.340 e. The number of esters is 1. The number of carbonyl (C=O) groups is 1. The summed E-state index contributed by atoms with van der Waals surface area (Å²) >= 11 is 3.22. The normalized spacial score (nSPS) is 10.5. The van der Waals surface area contributed by atoms with E-state index >= 15 is 0 Å². The van der Waals surface area contributed by atoms with Crippen molar-refractivity contribution in [2.45, 2.75) is 6.92 Å². The number of nitrogens with zero attached hydrogens (tertiary/aromatic N) is 2. The van der Waals surface area contributed by atoms with E-state index in [2.05, 4.69) is 21.0 Å². The second kappa shape index (κ2) is 5.40. The lowest BCUT2D eigenvalue weighted by molar-refractivity contribution is 0.0527. The van der Waals surface area contributed by atoms with Crippen LogP contribution in [0.2, 0.25) is 0 Å². The van der Waals surface area contributed by atoms with Crippen molar-refractivity contribution >= 4 is 27.6 Å². The molecule has 0 spiro atoms. The van der Waals surface area contributed by atoms with Gasteiger partial charge in [-0.15, -0.1) is 0 Å². The van der Waals surface area contributed by atoms with Gasteiger partial charge < -0.3 is 10.5 Å². The molecule has 7 heteroatoms. The van der Waals surface area contributed by atoms with Gasteiger partial charge in [-0.05, 0) is 35.0 Å². The van der Waals surface area contributed by atoms with Crippen LogP contribution in [-0.4, -0.2) is 22.4 Å². The monoisotopic (exact) mass is 327 g/mol. The molecule has 0 bridgehead atoms. The quantitative estimate of drug-likeness (QED) is 0.694. The number of carbonyl (C=O) groups excluding carboxylic acids is 1. The summed E-state index contributed by atoms with van der Waals surface area (Å²) in [5, 5.41) is 3.96. The van der Waals surface area contributed by atoms with E-state index in [1.807, 2.05) is 0 Å². The van der Waals surface area contributed by atoms with E-state index in [1.54, 1.807) is 13.1 Å². The van der Waals surface area contributed by atoms with E-state index in [-0.39, 0.29) is 23.5 Å². The van der Waals surface area contributed by atoms with Crippen molar-refractivity contribution in [2.24, 2.45) is 0 Å². The Morgan fingerprint density at radius 2 is 2.32 bits per heavy atom. The third kappa shape index (κ3) is 2.76. The van der Waals surface area contributed by atoms with Crippen LogP contribution >= 0.6 is 15.9 Å². The first-order valence-corrected chi connectivity index (χ1v) is 6.29. The molecule has 2 aromatic rings. The van der Waals surface area contributed by atoms with Crippen molar-refractivity contribution in [2.75, 3.05) is 12.3 Å². The number of halogens is 2. The van der Waals surface area contributed by atoms with Gasteiger partial charge in [0.25, 0.3) is 0 Å². The van der Waals surface area contributed by atoms with Gasteiger partial charge in [-0.3, -0.25) is 0 Å². The minimum Gasteiger partial charge on any atom is -0.462 e. The van der Waals surface area contributed by atoms with Gasteiger partial charge in [0.15, 0.2) is 5.82 Å². The molecule has 5 nitrogen and oxygen atoms in total. The number of ether oxygens (including phenoxy) is 1. The highest BCUT2D eigenvalue weighted by molar-refractivity contribution is 9.10. The summed E-state index contributed by atoms with van der Waals surface area (Å²) in [6.45, 7) is 1.90. The second-order valence-corrected chi connectivity index (χ2v) is 4.63. The average Bonchev–Trinajstić information content (AvgIpc) is 2.76. The molecule has 19 heavy (non-hydrogen) atoms. The van der Waals surface area contributed by atoms with Gasteiger partial charge in [0, 0.05) is 11.9 Å². The Balaban J connectivity index is 2.50. The maximum absolute atomic E-state index is 13.9. The molecule has 0 aliphatic rings. The van der Waals surface area contributed by atoms with Crippen LogP contribution in [0.25, 0.3) is 5.69 Å². The van der Waals surface area contributed by atoms with Crippen LogP contribution in [-0.2, 0) is 4.74 Å². The van der Waals surface area contributed by atoms with E-state index in [9.17, 15) is 9.18 Å². The lowest BCUT2D eigenvalue weighted by atomic mass is 10.1. The molecular formula is C12H11BrFN3O2. The third-order valence-electron chi connectivity index (χ3n) is 2.41. The number of benzene rings is 1. The predicted molar refractivity (Wildman–Crippen MR) is 71.6 cm³/mol. The Labute approximate surface area is 117 Å². The lowest BCUT2D eigenvalue weighted by Gasteiger charge is -2.09. The van der Waals surface area contributed by atoms with Crippen molar-refractivity contribution in [3.8, 4) is 5.69 Å². The molecule has 1 aromatic carbocycles. The van der Waals surface area contributed by atoms with Crippen LogP contribution in [0.5, 0.6) is 0 Å². The minimum absolute atomic E-state index is 0.0333.